The Kier molecular flexibility index (Phi) is 6.09. The number of benzene rings is 2. The fraction of sp³-hybridized carbons (Fsp3) is 0.333. The summed E-state index contributed by atoms with van der Waals surface area (Å²) in [5, 5.41) is 10.1. The molecule has 0 atom stereocenters. The van der Waals surface area contributed by atoms with Crippen LogP contribution in [0.2, 0.25) is 0 Å². The lowest BCUT2D eigenvalue weighted by molar-refractivity contribution is -1.02. The zero-order chi connectivity index (χ0) is 17.5. The minimum atomic E-state index is 0.340. The summed E-state index contributed by atoms with van der Waals surface area (Å²) in [4.78, 5) is 3.17. The summed E-state index contributed by atoms with van der Waals surface area (Å²) < 4.78 is 5.15. The van der Waals surface area contributed by atoms with Crippen molar-refractivity contribution in [2.45, 2.75) is 6.54 Å². The third-order valence-corrected chi connectivity index (χ3v) is 4.91. The lowest BCUT2D eigenvalue weighted by Gasteiger charge is -2.29. The van der Waals surface area contributed by atoms with Gasteiger partial charge in [0.1, 0.15) is 44.2 Å². The lowest BCUT2D eigenvalue weighted by atomic mass is 10.1. The van der Waals surface area contributed by atoms with Crippen molar-refractivity contribution in [2.75, 3.05) is 39.8 Å². The maximum Gasteiger partial charge on any atom is 0.128 e. The summed E-state index contributed by atoms with van der Waals surface area (Å²) in [7, 11) is 1.62. The molecule has 0 unspecified atom stereocenters. The van der Waals surface area contributed by atoms with E-state index in [-0.39, 0.29) is 0 Å². The van der Waals surface area contributed by atoms with Gasteiger partial charge in [-0.3, -0.25) is 0 Å². The highest BCUT2D eigenvalue weighted by atomic mass is 16.5. The quantitative estimate of drug-likeness (QED) is 0.712. The van der Waals surface area contributed by atoms with Crippen molar-refractivity contribution < 1.29 is 19.6 Å². The standard InChI is InChI=1S/C21H26N2O2/c1-25-20-10-9-19(21(24)16-20)17-23-14-12-22(13-15-23)11-5-8-18-6-3-2-4-7-18/h2-10,16,24H,11-15,17H2,1H3/p+2/b8-5+. The summed E-state index contributed by atoms with van der Waals surface area (Å²) >= 11 is 0. The van der Waals surface area contributed by atoms with Crippen molar-refractivity contribution in [3.63, 3.8) is 0 Å². The van der Waals surface area contributed by atoms with Gasteiger partial charge in [0.25, 0.3) is 0 Å². The predicted octanol–water partition coefficient (Wildman–Crippen LogP) is 0.398. The van der Waals surface area contributed by atoms with Crippen LogP contribution < -0.4 is 14.5 Å². The molecule has 132 valence electrons. The number of hydrogen-bond donors (Lipinski definition) is 3. The molecule has 0 spiro atoms. The van der Waals surface area contributed by atoms with Crippen LogP contribution in [-0.4, -0.2) is 44.9 Å². The highest BCUT2D eigenvalue weighted by Crippen LogP contribution is 2.22. The molecular formula is C21H28N2O2+2. The summed E-state index contributed by atoms with van der Waals surface area (Å²) in [6, 6.07) is 16.1. The van der Waals surface area contributed by atoms with E-state index in [2.05, 4.69) is 36.4 Å². The summed E-state index contributed by atoms with van der Waals surface area (Å²) in [6.45, 7) is 6.58. The van der Waals surface area contributed by atoms with Crippen LogP contribution in [0.1, 0.15) is 11.1 Å². The molecule has 2 aromatic carbocycles. The number of rotatable bonds is 6. The minimum absolute atomic E-state index is 0.340. The molecule has 1 aliphatic heterocycles. The summed E-state index contributed by atoms with van der Waals surface area (Å²) in [5.74, 6) is 1.04. The van der Waals surface area contributed by atoms with Crippen LogP contribution in [0.25, 0.3) is 6.08 Å². The summed E-state index contributed by atoms with van der Waals surface area (Å²) in [5.41, 5.74) is 2.27. The number of hydrogen-bond acceptors (Lipinski definition) is 2. The Balaban J connectivity index is 1.45. The van der Waals surface area contributed by atoms with E-state index in [0.717, 1.165) is 31.7 Å². The maximum atomic E-state index is 10.1. The number of nitrogens with one attached hydrogen (secondary N) is 2. The SMILES string of the molecule is COc1ccc(C[NH+]2CC[NH+](C/C=C/c3ccccc3)CC2)c(O)c1. The predicted molar refractivity (Wildman–Crippen MR) is 100 cm³/mol. The van der Waals surface area contributed by atoms with Gasteiger partial charge in [0.05, 0.1) is 13.7 Å². The van der Waals surface area contributed by atoms with Gasteiger partial charge in [-0.15, -0.1) is 0 Å². The Labute approximate surface area is 150 Å². The van der Waals surface area contributed by atoms with Crippen LogP contribution >= 0.6 is 0 Å². The number of aromatic hydroxyl groups is 1. The third kappa shape index (κ3) is 5.08. The molecule has 0 amide bonds. The molecule has 1 heterocycles. The molecule has 0 bridgehead atoms. The van der Waals surface area contributed by atoms with Gasteiger partial charge in [0.15, 0.2) is 0 Å². The van der Waals surface area contributed by atoms with Crippen molar-refractivity contribution >= 4 is 6.08 Å². The first-order valence-electron chi connectivity index (χ1n) is 8.99. The molecule has 4 nitrogen and oxygen atoms in total. The van der Waals surface area contributed by atoms with Gasteiger partial charge in [-0.2, -0.15) is 0 Å². The average Bonchev–Trinajstić information content (AvgIpc) is 2.65. The van der Waals surface area contributed by atoms with Crippen LogP contribution in [0.5, 0.6) is 11.5 Å². The zero-order valence-electron chi connectivity index (χ0n) is 14.9. The van der Waals surface area contributed by atoms with Crippen molar-refractivity contribution in [2.24, 2.45) is 0 Å². The monoisotopic (exact) mass is 340 g/mol. The first-order chi connectivity index (χ1) is 12.2. The average molecular weight is 340 g/mol. The Morgan fingerprint density at radius 1 is 1.00 bits per heavy atom. The Morgan fingerprint density at radius 3 is 2.40 bits per heavy atom. The van der Waals surface area contributed by atoms with Crippen molar-refractivity contribution in [3.8, 4) is 11.5 Å². The first kappa shape index (κ1) is 17.5. The van der Waals surface area contributed by atoms with Crippen LogP contribution in [0, 0.1) is 0 Å². The largest absolute Gasteiger partial charge is 0.507 e. The molecular weight excluding hydrogens is 312 g/mol. The zero-order valence-corrected chi connectivity index (χ0v) is 14.9. The van der Waals surface area contributed by atoms with E-state index in [1.165, 1.54) is 23.6 Å². The topological polar surface area (TPSA) is 38.3 Å². The molecule has 1 aliphatic rings. The molecule has 3 N–H and O–H groups in total. The van der Waals surface area contributed by atoms with Crippen molar-refractivity contribution in [1.82, 2.24) is 0 Å². The molecule has 3 rings (SSSR count). The molecule has 0 aromatic heterocycles. The van der Waals surface area contributed by atoms with Crippen molar-refractivity contribution in [1.29, 1.82) is 0 Å². The van der Waals surface area contributed by atoms with E-state index in [1.807, 2.05) is 18.2 Å². The van der Waals surface area contributed by atoms with Gasteiger partial charge in [0.2, 0.25) is 0 Å². The first-order valence-corrected chi connectivity index (χ1v) is 8.99. The van der Waals surface area contributed by atoms with E-state index in [1.54, 1.807) is 18.1 Å². The van der Waals surface area contributed by atoms with Crippen LogP contribution in [-0.2, 0) is 6.54 Å². The number of piperazine rings is 1. The number of methoxy groups -OCH3 is 1. The van der Waals surface area contributed by atoms with Crippen LogP contribution in [0.15, 0.2) is 54.6 Å². The molecule has 2 aromatic rings. The normalized spacial score (nSPS) is 20.7. The minimum Gasteiger partial charge on any atom is -0.507 e. The summed E-state index contributed by atoms with van der Waals surface area (Å²) in [6.07, 6.45) is 4.49. The smallest absolute Gasteiger partial charge is 0.128 e. The molecule has 25 heavy (non-hydrogen) atoms. The van der Waals surface area contributed by atoms with Crippen molar-refractivity contribution in [3.05, 3.63) is 65.7 Å². The van der Waals surface area contributed by atoms with Gasteiger partial charge >= 0.3 is 0 Å². The number of phenols is 1. The Morgan fingerprint density at radius 2 is 1.72 bits per heavy atom. The molecule has 0 radical (unpaired) electrons. The second-order valence-electron chi connectivity index (χ2n) is 6.69. The van der Waals surface area contributed by atoms with Crippen LogP contribution in [0.3, 0.4) is 0 Å². The van der Waals surface area contributed by atoms with E-state index >= 15 is 0 Å². The van der Waals surface area contributed by atoms with Gasteiger partial charge in [-0.1, -0.05) is 36.4 Å². The number of phenolic OH excluding ortho intramolecular Hbond substituents is 1. The van der Waals surface area contributed by atoms with E-state index in [4.69, 9.17) is 4.74 Å². The highest BCUT2D eigenvalue weighted by Gasteiger charge is 2.23. The van der Waals surface area contributed by atoms with Crippen LogP contribution in [0.4, 0.5) is 0 Å². The van der Waals surface area contributed by atoms with E-state index < -0.39 is 0 Å². The third-order valence-electron chi connectivity index (χ3n) is 4.91. The Bertz CT molecular complexity index is 692. The Hall–Kier alpha value is -2.30. The van der Waals surface area contributed by atoms with E-state index in [9.17, 15) is 5.11 Å². The van der Waals surface area contributed by atoms with Gasteiger partial charge in [0, 0.05) is 11.6 Å². The highest BCUT2D eigenvalue weighted by molar-refractivity contribution is 5.48. The van der Waals surface area contributed by atoms with E-state index in [0.29, 0.717) is 11.5 Å². The fourth-order valence-corrected chi connectivity index (χ4v) is 3.35. The van der Waals surface area contributed by atoms with Gasteiger partial charge in [-0.25, -0.2) is 0 Å². The lowest BCUT2D eigenvalue weighted by Crippen LogP contribution is -3.27. The number of quaternary nitrogens is 2. The van der Waals surface area contributed by atoms with Gasteiger partial charge in [-0.05, 0) is 23.8 Å². The molecule has 1 saturated heterocycles. The second kappa shape index (κ2) is 8.70. The second-order valence-corrected chi connectivity index (χ2v) is 6.69. The number of ether oxygens (including phenoxy) is 1. The molecule has 1 fully saturated rings. The fourth-order valence-electron chi connectivity index (χ4n) is 3.35. The van der Waals surface area contributed by atoms with Gasteiger partial charge < -0.3 is 19.6 Å². The molecule has 0 saturated carbocycles. The maximum absolute atomic E-state index is 10.1. The molecule has 4 heteroatoms. The molecule has 0 aliphatic carbocycles.